The van der Waals surface area contributed by atoms with E-state index in [1.807, 2.05) is 53.8 Å². The molecule has 4 heterocycles. The molecule has 1 aliphatic heterocycles. The number of ether oxygens (including phenoxy) is 3. The number of imidazole rings is 1. The van der Waals surface area contributed by atoms with E-state index in [0.717, 1.165) is 16.1 Å². The average Bonchev–Trinajstić information content (AvgIpc) is 3.48. The minimum Gasteiger partial charge on any atom is -0.478 e. The molecule has 0 unspecified atom stereocenters. The van der Waals surface area contributed by atoms with Crippen molar-refractivity contribution in [1.29, 1.82) is 0 Å². The molecule has 1 aliphatic rings. The van der Waals surface area contributed by atoms with Crippen LogP contribution in [0, 0.1) is 6.92 Å². The monoisotopic (exact) mass is 581 g/mol. The maximum atomic E-state index is 13.5. The Hall–Kier alpha value is -4.13. The first-order chi connectivity index (χ1) is 19.4. The van der Waals surface area contributed by atoms with Crippen LogP contribution in [-0.2, 0) is 4.74 Å². The molecule has 2 atom stereocenters. The Bertz CT molecular complexity index is 1610. The van der Waals surface area contributed by atoms with E-state index in [2.05, 4.69) is 25.2 Å². The van der Waals surface area contributed by atoms with Gasteiger partial charge in [0.05, 0.1) is 54.1 Å². The summed E-state index contributed by atoms with van der Waals surface area (Å²) in [6.07, 6.45) is 3.21. The van der Waals surface area contributed by atoms with Gasteiger partial charge in [0.25, 0.3) is 17.0 Å². The summed E-state index contributed by atoms with van der Waals surface area (Å²) in [5, 5.41) is 3.33. The number of carbonyl (C=O) groups excluding carboxylic acids is 2. The number of carbonyl (C=O) groups is 2. The molecular weight excluding hydrogens is 546 g/mol. The quantitative estimate of drug-likeness (QED) is 0.356. The van der Waals surface area contributed by atoms with Crippen molar-refractivity contribution in [2.24, 2.45) is 0 Å². The Morgan fingerprint density at radius 3 is 2.37 bits per heavy atom. The van der Waals surface area contributed by atoms with Gasteiger partial charge in [-0.15, -0.1) is 0 Å². The Balaban J connectivity index is 1.44. The van der Waals surface area contributed by atoms with E-state index in [-0.39, 0.29) is 24.1 Å². The highest BCUT2D eigenvalue weighted by Gasteiger charge is 2.36. The Morgan fingerprint density at radius 1 is 1.02 bits per heavy atom. The second-order valence-corrected chi connectivity index (χ2v) is 12.1. The van der Waals surface area contributed by atoms with Crippen LogP contribution in [0.5, 0.6) is 11.1 Å². The number of anilines is 2. The van der Waals surface area contributed by atoms with Crippen LogP contribution in [0.3, 0.4) is 0 Å². The SMILES string of the molecule is COc1nc2c(C(=O)Nc3cn4cc(C)nc4c(OC)n3)ccc(N3C[C@H](C)N(C(=O)OC(C)(C)C)[C@@H](C)C3)c2s1. The van der Waals surface area contributed by atoms with Gasteiger partial charge in [0.2, 0.25) is 5.65 Å². The van der Waals surface area contributed by atoms with E-state index in [1.54, 1.807) is 28.7 Å². The third-order valence-corrected chi connectivity index (χ3v) is 7.79. The lowest BCUT2D eigenvalue weighted by atomic mass is 10.1. The van der Waals surface area contributed by atoms with Gasteiger partial charge in [-0.3, -0.25) is 14.1 Å². The molecule has 1 saturated heterocycles. The van der Waals surface area contributed by atoms with Crippen molar-refractivity contribution in [3.8, 4) is 11.1 Å². The molecule has 2 amide bonds. The maximum absolute atomic E-state index is 13.5. The molecule has 0 aliphatic carbocycles. The number of hydrogen-bond acceptors (Lipinski definition) is 10. The Kier molecular flexibility index (Phi) is 7.41. The fourth-order valence-corrected chi connectivity index (χ4v) is 6.11. The Morgan fingerprint density at radius 2 is 1.73 bits per heavy atom. The van der Waals surface area contributed by atoms with Gasteiger partial charge in [-0.25, -0.2) is 14.8 Å². The van der Waals surface area contributed by atoms with E-state index in [0.29, 0.717) is 46.7 Å². The van der Waals surface area contributed by atoms with Gasteiger partial charge >= 0.3 is 6.09 Å². The molecule has 3 aromatic heterocycles. The summed E-state index contributed by atoms with van der Waals surface area (Å²) in [5.41, 5.74) is 2.64. The molecule has 1 N–H and O–H groups in total. The molecular formula is C28H35N7O5S. The predicted molar refractivity (Wildman–Crippen MR) is 158 cm³/mol. The number of aromatic nitrogens is 4. The molecule has 13 heteroatoms. The van der Waals surface area contributed by atoms with Crippen LogP contribution in [0.4, 0.5) is 16.3 Å². The van der Waals surface area contributed by atoms with Crippen molar-refractivity contribution in [2.75, 3.05) is 37.5 Å². The zero-order valence-electron chi connectivity index (χ0n) is 24.5. The lowest BCUT2D eigenvalue weighted by Gasteiger charge is -2.45. The molecule has 5 rings (SSSR count). The summed E-state index contributed by atoms with van der Waals surface area (Å²) in [4.78, 5) is 43.9. The highest BCUT2D eigenvalue weighted by atomic mass is 32.1. The molecule has 0 bridgehead atoms. The summed E-state index contributed by atoms with van der Waals surface area (Å²) in [7, 11) is 3.07. The van der Waals surface area contributed by atoms with Crippen molar-refractivity contribution in [1.82, 2.24) is 24.3 Å². The first kappa shape index (κ1) is 28.4. The van der Waals surface area contributed by atoms with Crippen LogP contribution < -0.4 is 19.7 Å². The number of piperazine rings is 1. The molecule has 0 radical (unpaired) electrons. The standard InChI is InChI=1S/C28H35N7O5S/c1-15-11-34-14-20(31-25(38-7)23(34)29-15)30-24(36)18-9-10-19(22-21(18)32-26(39-8)41-22)33-12-16(2)35(17(3)13-33)27(37)40-28(4,5)6/h9-11,14,16-17H,12-13H2,1-8H3,(H,30,36)/t16-,17-/m0/s1. The van der Waals surface area contributed by atoms with Crippen LogP contribution in [0.1, 0.15) is 50.7 Å². The largest absolute Gasteiger partial charge is 0.478 e. The third kappa shape index (κ3) is 5.58. The van der Waals surface area contributed by atoms with Gasteiger partial charge in [-0.2, -0.15) is 4.98 Å². The topological polar surface area (TPSA) is 123 Å². The highest BCUT2D eigenvalue weighted by Crippen LogP contribution is 2.39. The summed E-state index contributed by atoms with van der Waals surface area (Å²) in [5.74, 6) is 0.259. The number of aryl methyl sites for hydroxylation is 1. The van der Waals surface area contributed by atoms with Gasteiger partial charge in [0.1, 0.15) is 11.1 Å². The van der Waals surface area contributed by atoms with Crippen LogP contribution >= 0.6 is 11.3 Å². The number of nitrogens with one attached hydrogen (secondary N) is 1. The van der Waals surface area contributed by atoms with E-state index in [1.165, 1.54) is 18.4 Å². The van der Waals surface area contributed by atoms with Crippen LogP contribution in [0.2, 0.25) is 0 Å². The summed E-state index contributed by atoms with van der Waals surface area (Å²) in [6, 6.07) is 3.50. The summed E-state index contributed by atoms with van der Waals surface area (Å²) >= 11 is 1.38. The number of nitrogens with zero attached hydrogens (tertiary/aromatic N) is 6. The van der Waals surface area contributed by atoms with Crippen LogP contribution in [0.15, 0.2) is 24.5 Å². The molecule has 1 aromatic carbocycles. The van der Waals surface area contributed by atoms with Gasteiger partial charge < -0.3 is 24.4 Å². The summed E-state index contributed by atoms with van der Waals surface area (Å²) < 4.78 is 19.1. The highest BCUT2D eigenvalue weighted by molar-refractivity contribution is 7.21. The van der Waals surface area contributed by atoms with Gasteiger partial charge in [0.15, 0.2) is 5.82 Å². The van der Waals surface area contributed by atoms with Crippen molar-refractivity contribution in [2.45, 2.75) is 59.2 Å². The third-order valence-electron chi connectivity index (χ3n) is 6.75. The van der Waals surface area contributed by atoms with Gasteiger partial charge in [-0.1, -0.05) is 11.3 Å². The molecule has 0 spiro atoms. The molecule has 218 valence electrons. The fourth-order valence-electron chi connectivity index (χ4n) is 5.16. The lowest BCUT2D eigenvalue weighted by Crippen LogP contribution is -2.59. The van der Waals surface area contributed by atoms with E-state index in [9.17, 15) is 9.59 Å². The first-order valence-corrected chi connectivity index (χ1v) is 14.2. The maximum Gasteiger partial charge on any atom is 0.410 e. The minimum atomic E-state index is -0.570. The predicted octanol–water partition coefficient (Wildman–Crippen LogP) is 4.75. The van der Waals surface area contributed by atoms with E-state index < -0.39 is 5.60 Å². The van der Waals surface area contributed by atoms with Crippen molar-refractivity contribution in [3.05, 3.63) is 35.8 Å². The minimum absolute atomic E-state index is 0.0933. The average molecular weight is 582 g/mol. The number of hydrogen-bond donors (Lipinski definition) is 1. The van der Waals surface area contributed by atoms with Crippen molar-refractivity contribution < 1.29 is 23.8 Å². The number of rotatable bonds is 5. The van der Waals surface area contributed by atoms with E-state index in [4.69, 9.17) is 14.2 Å². The number of fused-ring (bicyclic) bond motifs is 2. The van der Waals surface area contributed by atoms with Gasteiger partial charge in [0, 0.05) is 19.3 Å². The second-order valence-electron chi connectivity index (χ2n) is 11.2. The second kappa shape index (κ2) is 10.7. The van der Waals surface area contributed by atoms with Crippen LogP contribution in [0.25, 0.3) is 15.9 Å². The summed E-state index contributed by atoms with van der Waals surface area (Å²) in [6.45, 7) is 12.7. The Labute approximate surface area is 242 Å². The zero-order valence-corrected chi connectivity index (χ0v) is 25.3. The fraction of sp³-hybridized carbons (Fsp3) is 0.464. The first-order valence-electron chi connectivity index (χ1n) is 13.3. The van der Waals surface area contributed by atoms with E-state index >= 15 is 0 Å². The number of benzene rings is 1. The number of methoxy groups -OCH3 is 2. The molecule has 4 aromatic rings. The van der Waals surface area contributed by atoms with Crippen LogP contribution in [-0.4, -0.2) is 81.2 Å². The molecule has 41 heavy (non-hydrogen) atoms. The van der Waals surface area contributed by atoms with Crippen molar-refractivity contribution >= 4 is 50.7 Å². The smallest absolute Gasteiger partial charge is 0.410 e. The van der Waals surface area contributed by atoms with Crippen molar-refractivity contribution in [3.63, 3.8) is 0 Å². The molecule has 12 nitrogen and oxygen atoms in total. The molecule has 0 saturated carbocycles. The zero-order chi connectivity index (χ0) is 29.6. The molecule has 1 fully saturated rings. The lowest BCUT2D eigenvalue weighted by molar-refractivity contribution is 0.00567. The number of amides is 2. The number of thiazole rings is 1. The normalized spacial score (nSPS) is 17.7. The van der Waals surface area contributed by atoms with Gasteiger partial charge in [-0.05, 0) is 53.7 Å².